The molecule has 4 rings (SSSR count). The fourth-order valence-corrected chi connectivity index (χ4v) is 3.15. The fraction of sp³-hybridized carbons (Fsp3) is 0.130. The molecule has 1 amide bonds. The van der Waals surface area contributed by atoms with Gasteiger partial charge in [-0.05, 0) is 40.1 Å². The molecule has 7 nitrogen and oxygen atoms in total. The number of hydrogen-bond acceptors (Lipinski definition) is 5. The molecule has 0 unspecified atom stereocenters. The van der Waals surface area contributed by atoms with Crippen molar-refractivity contribution in [1.82, 2.24) is 20.2 Å². The summed E-state index contributed by atoms with van der Waals surface area (Å²) in [5.41, 5.74) is 2.83. The normalized spacial score (nSPS) is 11.6. The van der Waals surface area contributed by atoms with Crippen LogP contribution in [0.25, 0.3) is 23.2 Å². The summed E-state index contributed by atoms with van der Waals surface area (Å²) in [6.45, 7) is 4.17. The van der Waals surface area contributed by atoms with Crippen LogP contribution in [0.2, 0.25) is 0 Å². The highest BCUT2D eigenvalue weighted by Crippen LogP contribution is 2.26. The van der Waals surface area contributed by atoms with E-state index in [1.165, 1.54) is 4.68 Å². The van der Waals surface area contributed by atoms with E-state index in [1.807, 2.05) is 54.6 Å². The smallest absolute Gasteiger partial charge is 0.274 e. The molecule has 0 fully saturated rings. The van der Waals surface area contributed by atoms with E-state index in [2.05, 4.69) is 34.7 Å². The van der Waals surface area contributed by atoms with Gasteiger partial charge in [-0.3, -0.25) is 4.79 Å². The molecule has 150 valence electrons. The number of tetrazole rings is 1. The zero-order chi connectivity index (χ0) is 20.9. The summed E-state index contributed by atoms with van der Waals surface area (Å²) in [5.74, 6) is 0.892. The second-order valence-electron chi connectivity index (χ2n) is 7.02. The number of anilines is 1. The first-order valence-corrected chi connectivity index (χ1v) is 9.63. The Morgan fingerprint density at radius 3 is 2.53 bits per heavy atom. The van der Waals surface area contributed by atoms with Crippen LogP contribution in [-0.2, 0) is 4.79 Å². The SMILES string of the molecule is CC(C)c1ccccc1NC(=O)C(=Cc1ccco1)n1nnnc1-c1ccccc1. The summed E-state index contributed by atoms with van der Waals surface area (Å²) in [6.07, 6.45) is 3.17. The number of amides is 1. The number of carbonyl (C=O) groups excluding carboxylic acids is 1. The molecule has 1 N–H and O–H groups in total. The van der Waals surface area contributed by atoms with Gasteiger partial charge in [-0.1, -0.05) is 62.4 Å². The topological polar surface area (TPSA) is 85.8 Å². The third kappa shape index (κ3) is 4.05. The molecule has 0 radical (unpaired) electrons. The van der Waals surface area contributed by atoms with Gasteiger partial charge >= 0.3 is 0 Å². The molecule has 0 aliphatic heterocycles. The van der Waals surface area contributed by atoms with E-state index in [9.17, 15) is 4.79 Å². The first kappa shape index (κ1) is 19.3. The second-order valence-corrected chi connectivity index (χ2v) is 7.02. The number of aromatic nitrogens is 4. The highest BCUT2D eigenvalue weighted by molar-refractivity contribution is 6.24. The highest BCUT2D eigenvalue weighted by atomic mass is 16.3. The third-order valence-electron chi connectivity index (χ3n) is 4.62. The van der Waals surface area contributed by atoms with E-state index in [0.29, 0.717) is 11.6 Å². The van der Waals surface area contributed by atoms with Crippen LogP contribution < -0.4 is 5.32 Å². The van der Waals surface area contributed by atoms with Gasteiger partial charge in [0.15, 0.2) is 5.82 Å². The van der Waals surface area contributed by atoms with Crippen LogP contribution >= 0.6 is 0 Å². The third-order valence-corrected chi connectivity index (χ3v) is 4.62. The first-order chi connectivity index (χ1) is 14.6. The zero-order valence-corrected chi connectivity index (χ0v) is 16.7. The van der Waals surface area contributed by atoms with E-state index >= 15 is 0 Å². The second kappa shape index (κ2) is 8.57. The molecular weight excluding hydrogens is 378 g/mol. The molecule has 7 heteroatoms. The number of nitrogens with zero attached hydrogens (tertiary/aromatic N) is 4. The van der Waals surface area contributed by atoms with E-state index in [4.69, 9.17) is 4.42 Å². The molecule has 0 bridgehead atoms. The molecule has 2 aromatic carbocycles. The molecule has 4 aromatic rings. The molecule has 0 saturated carbocycles. The summed E-state index contributed by atoms with van der Waals surface area (Å²) in [6, 6.07) is 20.7. The number of nitrogens with one attached hydrogen (secondary N) is 1. The molecule has 2 aromatic heterocycles. The van der Waals surface area contributed by atoms with Crippen LogP contribution in [0.3, 0.4) is 0 Å². The van der Waals surface area contributed by atoms with E-state index < -0.39 is 0 Å². The van der Waals surface area contributed by atoms with Gasteiger partial charge in [-0.25, -0.2) is 0 Å². The standard InChI is InChI=1S/C23H21N5O2/c1-16(2)19-12-6-7-13-20(19)24-23(29)21(15-18-11-8-14-30-18)28-22(25-26-27-28)17-9-4-3-5-10-17/h3-16H,1-2H3,(H,24,29). The van der Waals surface area contributed by atoms with Crippen LogP contribution in [-0.4, -0.2) is 26.1 Å². The Morgan fingerprint density at radius 2 is 1.80 bits per heavy atom. The average molecular weight is 399 g/mol. The highest BCUT2D eigenvalue weighted by Gasteiger charge is 2.21. The van der Waals surface area contributed by atoms with Crippen molar-refractivity contribution < 1.29 is 9.21 Å². The van der Waals surface area contributed by atoms with Crippen LogP contribution in [0.5, 0.6) is 0 Å². The van der Waals surface area contributed by atoms with Crippen molar-refractivity contribution in [3.8, 4) is 11.4 Å². The van der Waals surface area contributed by atoms with Gasteiger partial charge in [0.25, 0.3) is 5.91 Å². The van der Waals surface area contributed by atoms with Gasteiger partial charge in [0, 0.05) is 17.3 Å². The summed E-state index contributed by atoms with van der Waals surface area (Å²) in [7, 11) is 0. The van der Waals surface area contributed by atoms with Crippen LogP contribution in [0.1, 0.15) is 31.1 Å². The number of hydrogen-bond donors (Lipinski definition) is 1. The van der Waals surface area contributed by atoms with Crippen molar-refractivity contribution in [3.05, 3.63) is 84.3 Å². The Hall–Kier alpha value is -4.00. The fourth-order valence-electron chi connectivity index (χ4n) is 3.15. The predicted molar refractivity (Wildman–Crippen MR) is 115 cm³/mol. The van der Waals surface area contributed by atoms with Crippen molar-refractivity contribution >= 4 is 23.4 Å². The van der Waals surface area contributed by atoms with Crippen molar-refractivity contribution in [1.29, 1.82) is 0 Å². The van der Waals surface area contributed by atoms with Gasteiger partial charge in [0.2, 0.25) is 0 Å². The molecule has 30 heavy (non-hydrogen) atoms. The Kier molecular flexibility index (Phi) is 5.52. The predicted octanol–water partition coefficient (Wildman–Crippen LogP) is 4.69. The molecule has 0 aliphatic carbocycles. The summed E-state index contributed by atoms with van der Waals surface area (Å²) < 4.78 is 6.85. The van der Waals surface area contributed by atoms with E-state index in [0.717, 1.165) is 16.8 Å². The quantitative estimate of drug-likeness (QED) is 0.475. The molecule has 0 saturated heterocycles. The Labute approximate surface area is 174 Å². The summed E-state index contributed by atoms with van der Waals surface area (Å²) in [4.78, 5) is 13.4. The maximum absolute atomic E-state index is 13.4. The first-order valence-electron chi connectivity index (χ1n) is 9.63. The number of para-hydroxylation sites is 1. The van der Waals surface area contributed by atoms with Crippen molar-refractivity contribution in [2.45, 2.75) is 19.8 Å². The van der Waals surface area contributed by atoms with Crippen molar-refractivity contribution in [2.75, 3.05) is 5.32 Å². The van der Waals surface area contributed by atoms with Crippen LogP contribution in [0, 0.1) is 0 Å². The van der Waals surface area contributed by atoms with Crippen molar-refractivity contribution in [2.24, 2.45) is 0 Å². The lowest BCUT2D eigenvalue weighted by Gasteiger charge is -2.15. The number of benzene rings is 2. The average Bonchev–Trinajstić information content (AvgIpc) is 3.45. The number of furan rings is 1. The van der Waals surface area contributed by atoms with Crippen LogP contribution in [0.4, 0.5) is 5.69 Å². The summed E-state index contributed by atoms with van der Waals surface area (Å²) >= 11 is 0. The lowest BCUT2D eigenvalue weighted by atomic mass is 10.0. The number of rotatable bonds is 6. The Balaban J connectivity index is 1.76. The minimum absolute atomic E-state index is 0.243. The largest absolute Gasteiger partial charge is 0.465 e. The lowest BCUT2D eigenvalue weighted by molar-refractivity contribution is -0.111. The van der Waals surface area contributed by atoms with E-state index in [-0.39, 0.29) is 17.5 Å². The van der Waals surface area contributed by atoms with Crippen LogP contribution in [0.15, 0.2) is 77.4 Å². The van der Waals surface area contributed by atoms with Gasteiger partial charge in [-0.2, -0.15) is 4.68 Å². The minimum Gasteiger partial charge on any atom is -0.465 e. The molecule has 0 spiro atoms. The maximum Gasteiger partial charge on any atom is 0.274 e. The molecular formula is C23H21N5O2. The van der Waals surface area contributed by atoms with Gasteiger partial charge in [-0.15, -0.1) is 5.10 Å². The Morgan fingerprint density at radius 1 is 1.03 bits per heavy atom. The van der Waals surface area contributed by atoms with Gasteiger partial charge < -0.3 is 9.73 Å². The van der Waals surface area contributed by atoms with E-state index in [1.54, 1.807) is 24.5 Å². The summed E-state index contributed by atoms with van der Waals surface area (Å²) in [5, 5.41) is 15.0. The molecule has 0 aliphatic rings. The maximum atomic E-state index is 13.4. The minimum atomic E-state index is -0.344. The zero-order valence-electron chi connectivity index (χ0n) is 16.7. The van der Waals surface area contributed by atoms with Crippen molar-refractivity contribution in [3.63, 3.8) is 0 Å². The van der Waals surface area contributed by atoms with Gasteiger partial charge in [0.05, 0.1) is 6.26 Å². The van der Waals surface area contributed by atoms with Gasteiger partial charge in [0.1, 0.15) is 11.5 Å². The number of carbonyl (C=O) groups is 1. The lowest BCUT2D eigenvalue weighted by Crippen LogP contribution is -2.20. The molecule has 2 heterocycles. The molecule has 0 atom stereocenters. The monoisotopic (exact) mass is 399 g/mol. The Bertz CT molecular complexity index is 1160.